The molecule has 1 amide bonds. The molecule has 0 saturated carbocycles. The van der Waals surface area contributed by atoms with Gasteiger partial charge in [0.1, 0.15) is 11.9 Å². The van der Waals surface area contributed by atoms with Gasteiger partial charge in [-0.05, 0) is 55.9 Å². The van der Waals surface area contributed by atoms with Gasteiger partial charge in [-0.2, -0.15) is 0 Å². The van der Waals surface area contributed by atoms with E-state index in [2.05, 4.69) is 9.88 Å². The van der Waals surface area contributed by atoms with Crippen molar-refractivity contribution in [3.05, 3.63) is 65.7 Å². The minimum Gasteiger partial charge on any atom is -0.340 e. The maximum absolute atomic E-state index is 13.3. The fourth-order valence-electron chi connectivity index (χ4n) is 3.58. The zero-order valence-corrected chi connectivity index (χ0v) is 16.0. The molecule has 1 saturated heterocycles. The molecule has 1 atom stereocenters. The number of pyridine rings is 1. The van der Waals surface area contributed by atoms with Crippen LogP contribution in [0.1, 0.15) is 23.6 Å². The normalized spacial score (nSPS) is 17.0. The third-order valence-corrected chi connectivity index (χ3v) is 4.99. The van der Waals surface area contributed by atoms with Crippen LogP contribution in [0.25, 0.3) is 0 Å². The van der Waals surface area contributed by atoms with Crippen LogP contribution in [0.5, 0.6) is 0 Å². The summed E-state index contributed by atoms with van der Waals surface area (Å²) < 4.78 is 13.3. The summed E-state index contributed by atoms with van der Waals surface area (Å²) in [5.74, 6) is -0.206. The molecule has 1 aromatic heterocycles. The predicted molar refractivity (Wildman–Crippen MR) is 104 cm³/mol. The molecule has 1 fully saturated rings. The van der Waals surface area contributed by atoms with Crippen molar-refractivity contribution in [1.29, 1.82) is 0 Å². The molecule has 0 bridgehead atoms. The minimum atomic E-state index is -0.391. The standard InChI is InChI=1S/C21H27FN4O/c1-24(2)20(18-4-6-19(22)7-5-18)21(27)26-13-3-12-25(14-15-26)16-17-8-10-23-11-9-17/h4-11,20H,3,12-16H2,1-2H3. The van der Waals surface area contributed by atoms with Gasteiger partial charge in [0.15, 0.2) is 0 Å². The summed E-state index contributed by atoms with van der Waals surface area (Å²) in [6.45, 7) is 4.14. The Labute approximate surface area is 160 Å². The molecule has 6 heteroatoms. The Morgan fingerprint density at radius 2 is 1.78 bits per heavy atom. The molecule has 0 N–H and O–H groups in total. The predicted octanol–water partition coefficient (Wildman–Crippen LogP) is 2.56. The van der Waals surface area contributed by atoms with E-state index >= 15 is 0 Å². The number of carbonyl (C=O) groups is 1. The van der Waals surface area contributed by atoms with E-state index in [0.717, 1.165) is 38.2 Å². The maximum Gasteiger partial charge on any atom is 0.244 e. The van der Waals surface area contributed by atoms with Crippen molar-refractivity contribution in [2.75, 3.05) is 40.3 Å². The molecule has 1 aromatic carbocycles. The number of halogens is 1. The number of carbonyl (C=O) groups excluding carboxylic acids is 1. The zero-order valence-electron chi connectivity index (χ0n) is 16.0. The molecule has 2 heterocycles. The SMILES string of the molecule is CN(C)C(C(=O)N1CCCN(Cc2ccncc2)CC1)c1ccc(F)cc1. The highest BCUT2D eigenvalue weighted by molar-refractivity contribution is 5.83. The van der Waals surface area contributed by atoms with Gasteiger partial charge in [-0.15, -0.1) is 0 Å². The molecule has 0 aliphatic carbocycles. The Bertz CT molecular complexity index is 736. The Morgan fingerprint density at radius 3 is 2.44 bits per heavy atom. The topological polar surface area (TPSA) is 39.7 Å². The van der Waals surface area contributed by atoms with Crippen LogP contribution in [0.2, 0.25) is 0 Å². The third kappa shape index (κ3) is 5.11. The number of likely N-dealkylation sites (N-methyl/N-ethyl adjacent to an activating group) is 1. The highest BCUT2D eigenvalue weighted by atomic mass is 19.1. The second kappa shape index (κ2) is 9.06. The van der Waals surface area contributed by atoms with Crippen molar-refractivity contribution < 1.29 is 9.18 Å². The van der Waals surface area contributed by atoms with Crippen LogP contribution in [-0.4, -0.2) is 65.9 Å². The van der Waals surface area contributed by atoms with E-state index in [1.54, 1.807) is 12.1 Å². The first-order valence-electron chi connectivity index (χ1n) is 9.36. The summed E-state index contributed by atoms with van der Waals surface area (Å²) in [6, 6.07) is 9.90. The highest BCUT2D eigenvalue weighted by Crippen LogP contribution is 2.22. The maximum atomic E-state index is 13.3. The molecule has 144 valence electrons. The van der Waals surface area contributed by atoms with Crippen LogP contribution in [-0.2, 0) is 11.3 Å². The summed E-state index contributed by atoms with van der Waals surface area (Å²) in [4.78, 5) is 23.5. The van der Waals surface area contributed by atoms with Crippen LogP contribution in [0.4, 0.5) is 4.39 Å². The van der Waals surface area contributed by atoms with Crippen molar-refractivity contribution in [3.63, 3.8) is 0 Å². The van der Waals surface area contributed by atoms with E-state index in [1.165, 1.54) is 17.7 Å². The van der Waals surface area contributed by atoms with E-state index in [9.17, 15) is 9.18 Å². The van der Waals surface area contributed by atoms with Crippen LogP contribution in [0.15, 0.2) is 48.8 Å². The van der Waals surface area contributed by atoms with Gasteiger partial charge in [0.2, 0.25) is 5.91 Å². The van der Waals surface area contributed by atoms with Gasteiger partial charge in [-0.1, -0.05) is 12.1 Å². The fraction of sp³-hybridized carbons (Fsp3) is 0.429. The van der Waals surface area contributed by atoms with E-state index in [4.69, 9.17) is 0 Å². The number of rotatable bonds is 5. The highest BCUT2D eigenvalue weighted by Gasteiger charge is 2.29. The Kier molecular flexibility index (Phi) is 6.53. The van der Waals surface area contributed by atoms with Gasteiger partial charge >= 0.3 is 0 Å². The van der Waals surface area contributed by atoms with E-state index in [0.29, 0.717) is 6.54 Å². The Morgan fingerprint density at radius 1 is 1.07 bits per heavy atom. The monoisotopic (exact) mass is 370 g/mol. The molecular weight excluding hydrogens is 343 g/mol. The number of amides is 1. The van der Waals surface area contributed by atoms with Crippen LogP contribution >= 0.6 is 0 Å². The smallest absolute Gasteiger partial charge is 0.244 e. The first kappa shape index (κ1) is 19.5. The van der Waals surface area contributed by atoms with Crippen molar-refractivity contribution in [1.82, 2.24) is 19.7 Å². The second-order valence-electron chi connectivity index (χ2n) is 7.23. The van der Waals surface area contributed by atoms with Gasteiger partial charge in [0.05, 0.1) is 0 Å². The van der Waals surface area contributed by atoms with E-state index in [1.807, 2.05) is 48.4 Å². The molecule has 3 rings (SSSR count). The summed E-state index contributed by atoms with van der Waals surface area (Å²) >= 11 is 0. The lowest BCUT2D eigenvalue weighted by molar-refractivity contribution is -0.136. The molecule has 27 heavy (non-hydrogen) atoms. The number of hydrogen-bond acceptors (Lipinski definition) is 4. The van der Waals surface area contributed by atoms with Gasteiger partial charge in [0.25, 0.3) is 0 Å². The average molecular weight is 370 g/mol. The first-order valence-corrected chi connectivity index (χ1v) is 9.36. The molecule has 0 spiro atoms. The number of nitrogens with zero attached hydrogens (tertiary/aromatic N) is 4. The van der Waals surface area contributed by atoms with Crippen molar-refractivity contribution in [3.8, 4) is 0 Å². The lowest BCUT2D eigenvalue weighted by atomic mass is 10.0. The van der Waals surface area contributed by atoms with Gasteiger partial charge in [-0.3, -0.25) is 19.6 Å². The molecule has 1 aliphatic rings. The fourth-order valence-corrected chi connectivity index (χ4v) is 3.58. The summed E-state index contributed by atoms with van der Waals surface area (Å²) in [5.41, 5.74) is 2.06. The third-order valence-electron chi connectivity index (χ3n) is 4.99. The van der Waals surface area contributed by atoms with Crippen molar-refractivity contribution in [2.24, 2.45) is 0 Å². The van der Waals surface area contributed by atoms with Crippen LogP contribution in [0, 0.1) is 5.82 Å². The molecule has 2 aromatic rings. The molecule has 5 nitrogen and oxygen atoms in total. The van der Waals surface area contributed by atoms with Crippen molar-refractivity contribution in [2.45, 2.75) is 19.0 Å². The van der Waals surface area contributed by atoms with Crippen LogP contribution in [0.3, 0.4) is 0 Å². The first-order chi connectivity index (χ1) is 13.0. The lowest BCUT2D eigenvalue weighted by Gasteiger charge is -2.30. The number of aromatic nitrogens is 1. The van der Waals surface area contributed by atoms with Gasteiger partial charge in [-0.25, -0.2) is 4.39 Å². The largest absolute Gasteiger partial charge is 0.340 e. The number of hydrogen-bond donors (Lipinski definition) is 0. The second-order valence-corrected chi connectivity index (χ2v) is 7.23. The molecule has 1 unspecified atom stereocenters. The summed E-state index contributed by atoms with van der Waals surface area (Å²) in [7, 11) is 3.78. The number of benzene rings is 1. The van der Waals surface area contributed by atoms with Gasteiger partial charge in [0, 0.05) is 45.1 Å². The van der Waals surface area contributed by atoms with E-state index < -0.39 is 6.04 Å². The lowest BCUT2D eigenvalue weighted by Crippen LogP contribution is -2.42. The minimum absolute atomic E-state index is 0.0809. The average Bonchev–Trinajstić information content (AvgIpc) is 2.90. The zero-order chi connectivity index (χ0) is 19.2. The Hall–Kier alpha value is -2.31. The van der Waals surface area contributed by atoms with Crippen LogP contribution < -0.4 is 0 Å². The molecular formula is C21H27FN4O. The quantitative estimate of drug-likeness (QED) is 0.811. The molecule has 0 radical (unpaired) electrons. The van der Waals surface area contributed by atoms with Gasteiger partial charge < -0.3 is 4.90 Å². The van der Waals surface area contributed by atoms with E-state index in [-0.39, 0.29) is 11.7 Å². The van der Waals surface area contributed by atoms with Crippen molar-refractivity contribution >= 4 is 5.91 Å². The summed E-state index contributed by atoms with van der Waals surface area (Å²) in [5, 5.41) is 0. The Balaban J connectivity index is 1.66. The molecule has 1 aliphatic heterocycles. The summed E-state index contributed by atoms with van der Waals surface area (Å²) in [6.07, 6.45) is 4.57.